The Balaban J connectivity index is 0.00000361. The number of carboxylic acids is 1. The monoisotopic (exact) mass is 305 g/mol. The Bertz CT molecular complexity index is 294. The third kappa shape index (κ3) is 6.45. The number of carboxylic acid groups (broad SMARTS) is 1. The van der Waals surface area contributed by atoms with E-state index in [1.54, 1.807) is 0 Å². The molecule has 4 heteroatoms. The lowest BCUT2D eigenvalue weighted by atomic mass is 9.71. The second-order valence-corrected chi connectivity index (χ2v) is 6.94. The molecule has 3 unspecified atom stereocenters. The fourth-order valence-electron chi connectivity index (χ4n) is 3.10. The highest BCUT2D eigenvalue weighted by Gasteiger charge is 2.34. The van der Waals surface area contributed by atoms with Gasteiger partial charge in [0.15, 0.2) is 0 Å². The zero-order valence-corrected chi connectivity index (χ0v) is 14.3. The van der Waals surface area contributed by atoms with E-state index in [4.69, 9.17) is 5.11 Å². The standard InChI is InChI=1S/C16H31NO2.ClH/c1-5-12(2)11-17-16(3,4)14-8-6-7-13(9-14)10-15(18)19;/h12-14,17H,5-11H2,1-4H3,(H,18,19);1H. The van der Waals surface area contributed by atoms with Crippen molar-refractivity contribution >= 4 is 18.4 Å². The van der Waals surface area contributed by atoms with E-state index in [9.17, 15) is 4.79 Å². The molecule has 0 spiro atoms. The summed E-state index contributed by atoms with van der Waals surface area (Å²) in [6.07, 6.45) is 6.11. The van der Waals surface area contributed by atoms with Crippen LogP contribution in [0.4, 0.5) is 0 Å². The van der Waals surface area contributed by atoms with Crippen molar-refractivity contribution in [2.45, 2.75) is 71.8 Å². The van der Waals surface area contributed by atoms with Gasteiger partial charge in [-0.25, -0.2) is 0 Å². The molecule has 0 saturated heterocycles. The van der Waals surface area contributed by atoms with Crippen LogP contribution in [0.15, 0.2) is 0 Å². The maximum Gasteiger partial charge on any atom is 0.303 e. The Morgan fingerprint density at radius 2 is 2.05 bits per heavy atom. The van der Waals surface area contributed by atoms with Gasteiger partial charge in [-0.05, 0) is 57.4 Å². The highest BCUT2D eigenvalue weighted by atomic mass is 35.5. The van der Waals surface area contributed by atoms with Crippen molar-refractivity contribution in [3.05, 3.63) is 0 Å². The van der Waals surface area contributed by atoms with E-state index in [1.165, 1.54) is 19.3 Å². The van der Waals surface area contributed by atoms with Crippen molar-refractivity contribution in [3.8, 4) is 0 Å². The lowest BCUT2D eigenvalue weighted by molar-refractivity contribution is -0.138. The van der Waals surface area contributed by atoms with Gasteiger partial charge in [0.1, 0.15) is 0 Å². The molecule has 0 amide bonds. The number of carbonyl (C=O) groups is 1. The molecule has 1 rings (SSSR count). The quantitative estimate of drug-likeness (QED) is 0.744. The number of hydrogen-bond donors (Lipinski definition) is 2. The first-order valence-corrected chi connectivity index (χ1v) is 7.82. The fourth-order valence-corrected chi connectivity index (χ4v) is 3.10. The predicted molar refractivity (Wildman–Crippen MR) is 86.5 cm³/mol. The van der Waals surface area contributed by atoms with Crippen molar-refractivity contribution in [1.82, 2.24) is 5.32 Å². The maximum atomic E-state index is 10.9. The molecule has 1 aliphatic carbocycles. The summed E-state index contributed by atoms with van der Waals surface area (Å²) < 4.78 is 0. The van der Waals surface area contributed by atoms with Gasteiger partial charge >= 0.3 is 5.97 Å². The minimum atomic E-state index is -0.643. The summed E-state index contributed by atoms with van der Waals surface area (Å²) in [5.74, 6) is 1.05. The zero-order valence-electron chi connectivity index (χ0n) is 13.4. The molecule has 0 radical (unpaired) electrons. The summed E-state index contributed by atoms with van der Waals surface area (Å²) in [5.41, 5.74) is 0.126. The van der Waals surface area contributed by atoms with Gasteiger partial charge in [0.2, 0.25) is 0 Å². The Hall–Kier alpha value is -0.280. The van der Waals surface area contributed by atoms with Crippen LogP contribution in [0.5, 0.6) is 0 Å². The first kappa shape index (κ1) is 19.7. The highest BCUT2D eigenvalue weighted by Crippen LogP contribution is 2.37. The third-order valence-corrected chi connectivity index (χ3v) is 4.87. The average Bonchev–Trinajstić information content (AvgIpc) is 2.35. The second kappa shape index (κ2) is 8.89. The molecular weight excluding hydrogens is 274 g/mol. The summed E-state index contributed by atoms with van der Waals surface area (Å²) in [5, 5.41) is 12.7. The molecule has 0 heterocycles. The maximum absolute atomic E-state index is 10.9. The van der Waals surface area contributed by atoms with Gasteiger partial charge in [0.25, 0.3) is 0 Å². The van der Waals surface area contributed by atoms with Crippen LogP contribution < -0.4 is 5.32 Å². The van der Waals surface area contributed by atoms with Crippen LogP contribution in [0.3, 0.4) is 0 Å². The van der Waals surface area contributed by atoms with Gasteiger partial charge in [-0.1, -0.05) is 26.7 Å². The van der Waals surface area contributed by atoms with Gasteiger partial charge in [0.05, 0.1) is 0 Å². The normalized spacial score (nSPS) is 24.8. The molecule has 0 aromatic carbocycles. The van der Waals surface area contributed by atoms with E-state index in [2.05, 4.69) is 33.0 Å². The Kier molecular flexibility index (Phi) is 8.76. The minimum Gasteiger partial charge on any atom is -0.481 e. The lowest BCUT2D eigenvalue weighted by Gasteiger charge is -2.41. The second-order valence-electron chi connectivity index (χ2n) is 6.94. The Morgan fingerprint density at radius 3 is 2.60 bits per heavy atom. The molecule has 3 nitrogen and oxygen atoms in total. The number of halogens is 1. The van der Waals surface area contributed by atoms with E-state index < -0.39 is 5.97 Å². The van der Waals surface area contributed by atoms with E-state index in [0.717, 1.165) is 19.4 Å². The molecule has 0 bridgehead atoms. The number of aliphatic carboxylic acids is 1. The van der Waals surface area contributed by atoms with Crippen molar-refractivity contribution in [3.63, 3.8) is 0 Å². The number of nitrogens with one attached hydrogen (secondary N) is 1. The Labute approximate surface area is 130 Å². The summed E-state index contributed by atoms with van der Waals surface area (Å²) in [6.45, 7) is 10.1. The van der Waals surface area contributed by atoms with Gasteiger partial charge in [-0.2, -0.15) is 0 Å². The fraction of sp³-hybridized carbons (Fsp3) is 0.938. The van der Waals surface area contributed by atoms with Crippen LogP contribution in [0.1, 0.15) is 66.2 Å². The summed E-state index contributed by atoms with van der Waals surface area (Å²) >= 11 is 0. The number of hydrogen-bond acceptors (Lipinski definition) is 2. The van der Waals surface area contributed by atoms with E-state index >= 15 is 0 Å². The smallest absolute Gasteiger partial charge is 0.303 e. The summed E-state index contributed by atoms with van der Waals surface area (Å²) in [6, 6.07) is 0. The van der Waals surface area contributed by atoms with E-state index in [0.29, 0.717) is 24.2 Å². The molecule has 1 aliphatic rings. The van der Waals surface area contributed by atoms with Crippen molar-refractivity contribution in [1.29, 1.82) is 0 Å². The summed E-state index contributed by atoms with van der Waals surface area (Å²) in [7, 11) is 0. The first-order chi connectivity index (χ1) is 8.85. The van der Waals surface area contributed by atoms with Gasteiger partial charge in [0, 0.05) is 12.0 Å². The minimum absolute atomic E-state index is 0. The highest BCUT2D eigenvalue weighted by molar-refractivity contribution is 5.85. The molecule has 3 atom stereocenters. The number of rotatable bonds is 7. The van der Waals surface area contributed by atoms with Crippen molar-refractivity contribution in [2.24, 2.45) is 17.8 Å². The van der Waals surface area contributed by atoms with Gasteiger partial charge in [-0.3, -0.25) is 4.79 Å². The molecule has 0 aromatic heterocycles. The molecule has 0 aromatic rings. The van der Waals surface area contributed by atoms with Crippen LogP contribution in [0.2, 0.25) is 0 Å². The topological polar surface area (TPSA) is 49.3 Å². The molecule has 20 heavy (non-hydrogen) atoms. The van der Waals surface area contributed by atoms with Gasteiger partial charge < -0.3 is 10.4 Å². The van der Waals surface area contributed by atoms with Crippen LogP contribution in [-0.4, -0.2) is 23.2 Å². The predicted octanol–water partition coefficient (Wildman–Crippen LogP) is 4.10. The SMILES string of the molecule is CCC(C)CNC(C)(C)C1CCCC(CC(=O)O)C1.Cl. The van der Waals surface area contributed by atoms with E-state index in [1.807, 2.05) is 0 Å². The largest absolute Gasteiger partial charge is 0.481 e. The molecule has 1 fully saturated rings. The summed E-state index contributed by atoms with van der Waals surface area (Å²) in [4.78, 5) is 10.9. The average molecular weight is 306 g/mol. The lowest BCUT2D eigenvalue weighted by Crippen LogP contribution is -2.49. The van der Waals surface area contributed by atoms with Crippen LogP contribution in [-0.2, 0) is 4.79 Å². The molecule has 0 aliphatic heterocycles. The third-order valence-electron chi connectivity index (χ3n) is 4.87. The molecule has 1 saturated carbocycles. The molecular formula is C16H32ClNO2. The Morgan fingerprint density at radius 1 is 1.40 bits per heavy atom. The molecule has 2 N–H and O–H groups in total. The van der Waals surface area contributed by atoms with Crippen LogP contribution >= 0.6 is 12.4 Å². The van der Waals surface area contributed by atoms with Gasteiger partial charge in [-0.15, -0.1) is 12.4 Å². The van der Waals surface area contributed by atoms with Crippen LogP contribution in [0, 0.1) is 17.8 Å². The first-order valence-electron chi connectivity index (χ1n) is 7.82. The van der Waals surface area contributed by atoms with E-state index in [-0.39, 0.29) is 17.9 Å². The zero-order chi connectivity index (χ0) is 14.5. The van der Waals surface area contributed by atoms with Crippen LogP contribution in [0.25, 0.3) is 0 Å². The van der Waals surface area contributed by atoms with Crippen molar-refractivity contribution < 1.29 is 9.90 Å². The molecule has 120 valence electrons. The van der Waals surface area contributed by atoms with Crippen molar-refractivity contribution in [2.75, 3.05) is 6.54 Å².